The zero-order chi connectivity index (χ0) is 18.5. The van der Waals surface area contributed by atoms with E-state index < -0.39 is 0 Å². The largest absolute Gasteiger partial charge is 0.490 e. The van der Waals surface area contributed by atoms with Gasteiger partial charge in [-0.25, -0.2) is 0 Å². The molecule has 0 aromatic heterocycles. The number of thiocarbonyl (C=S) groups is 1. The van der Waals surface area contributed by atoms with Crippen LogP contribution in [0.2, 0.25) is 5.02 Å². The first-order valence-corrected chi connectivity index (χ1v) is 9.46. The van der Waals surface area contributed by atoms with Gasteiger partial charge in [-0.3, -0.25) is 9.69 Å². The standard InChI is InChI=1S/C19H16ClNO3S2/c1-21-18(22)17(26-19(21)25)12-13-11-14(20)7-8-16(13)24-10-9-23-15-5-3-2-4-6-15/h2-8,11-12H,9-10H2,1H3. The van der Waals surface area contributed by atoms with Crippen molar-refractivity contribution in [2.24, 2.45) is 0 Å². The fourth-order valence-electron chi connectivity index (χ4n) is 2.28. The summed E-state index contributed by atoms with van der Waals surface area (Å²) < 4.78 is 12.0. The normalized spacial score (nSPS) is 15.6. The van der Waals surface area contributed by atoms with Crippen LogP contribution in [0.25, 0.3) is 6.08 Å². The molecule has 0 radical (unpaired) electrons. The van der Waals surface area contributed by atoms with E-state index in [4.69, 9.17) is 33.3 Å². The van der Waals surface area contributed by atoms with Gasteiger partial charge in [-0.2, -0.15) is 0 Å². The van der Waals surface area contributed by atoms with Crippen molar-refractivity contribution in [2.75, 3.05) is 20.3 Å². The van der Waals surface area contributed by atoms with Crippen molar-refractivity contribution in [3.05, 3.63) is 64.0 Å². The number of hydrogen-bond acceptors (Lipinski definition) is 5. The number of carbonyl (C=O) groups excluding carboxylic acids is 1. The van der Waals surface area contributed by atoms with Gasteiger partial charge >= 0.3 is 0 Å². The summed E-state index contributed by atoms with van der Waals surface area (Å²) in [5.74, 6) is 1.30. The van der Waals surface area contributed by atoms with Crippen molar-refractivity contribution in [1.82, 2.24) is 4.90 Å². The third-order valence-corrected chi connectivity index (χ3v) is 5.32. The Morgan fingerprint density at radius 2 is 1.88 bits per heavy atom. The van der Waals surface area contributed by atoms with Gasteiger partial charge in [-0.1, -0.05) is 53.8 Å². The molecule has 0 spiro atoms. The van der Waals surface area contributed by atoms with Gasteiger partial charge in [0.1, 0.15) is 29.0 Å². The van der Waals surface area contributed by atoms with Crippen LogP contribution in [-0.2, 0) is 4.79 Å². The Bertz CT molecular complexity index is 855. The lowest BCUT2D eigenvalue weighted by Gasteiger charge is -2.11. The molecule has 4 nitrogen and oxygen atoms in total. The zero-order valence-corrected chi connectivity index (χ0v) is 16.4. The molecule has 7 heteroatoms. The second-order valence-corrected chi connectivity index (χ2v) is 7.55. The van der Waals surface area contributed by atoms with Crippen LogP contribution in [0.4, 0.5) is 0 Å². The highest BCUT2D eigenvalue weighted by Gasteiger charge is 2.28. The Morgan fingerprint density at radius 1 is 1.15 bits per heavy atom. The summed E-state index contributed by atoms with van der Waals surface area (Å²) >= 11 is 12.5. The molecule has 1 amide bonds. The Labute approximate surface area is 166 Å². The molecule has 0 aliphatic carbocycles. The number of carbonyl (C=O) groups is 1. The second-order valence-electron chi connectivity index (χ2n) is 5.43. The minimum absolute atomic E-state index is 0.127. The monoisotopic (exact) mass is 405 g/mol. The number of nitrogens with zero attached hydrogens (tertiary/aromatic N) is 1. The third kappa shape index (κ3) is 4.58. The summed E-state index contributed by atoms with van der Waals surface area (Å²) in [6, 6.07) is 14.8. The maximum Gasteiger partial charge on any atom is 0.265 e. The molecule has 0 N–H and O–H groups in total. The van der Waals surface area contributed by atoms with Crippen LogP contribution in [0.3, 0.4) is 0 Å². The quantitative estimate of drug-likeness (QED) is 0.398. The highest BCUT2D eigenvalue weighted by atomic mass is 35.5. The molecule has 134 valence electrons. The minimum atomic E-state index is -0.127. The number of benzene rings is 2. The van der Waals surface area contributed by atoms with E-state index in [1.165, 1.54) is 16.7 Å². The molecule has 0 unspecified atom stereocenters. The maximum atomic E-state index is 12.2. The van der Waals surface area contributed by atoms with Crippen LogP contribution in [0.5, 0.6) is 11.5 Å². The Hall–Kier alpha value is -2.02. The van der Waals surface area contributed by atoms with E-state index in [0.717, 1.165) is 11.3 Å². The number of rotatable bonds is 6. The first kappa shape index (κ1) is 18.8. The average molecular weight is 406 g/mol. The summed E-state index contributed by atoms with van der Waals surface area (Å²) in [5.41, 5.74) is 0.728. The van der Waals surface area contributed by atoms with Gasteiger partial charge in [0.05, 0.1) is 4.91 Å². The molecule has 1 aliphatic rings. The van der Waals surface area contributed by atoms with Crippen molar-refractivity contribution in [3.8, 4) is 11.5 Å². The number of para-hydroxylation sites is 1. The second kappa shape index (κ2) is 8.58. The molecule has 0 bridgehead atoms. The van der Waals surface area contributed by atoms with E-state index in [2.05, 4.69) is 0 Å². The number of likely N-dealkylation sites (N-methyl/N-ethyl adjacent to an activating group) is 1. The van der Waals surface area contributed by atoms with Gasteiger partial charge in [0.2, 0.25) is 0 Å². The average Bonchev–Trinajstić information content (AvgIpc) is 2.88. The number of halogens is 1. The van der Waals surface area contributed by atoms with Crippen LogP contribution in [-0.4, -0.2) is 35.4 Å². The smallest absolute Gasteiger partial charge is 0.265 e. The summed E-state index contributed by atoms with van der Waals surface area (Å²) in [6.45, 7) is 0.773. The Morgan fingerprint density at radius 3 is 2.58 bits per heavy atom. The molecular formula is C19H16ClNO3S2. The van der Waals surface area contributed by atoms with Crippen LogP contribution in [0.1, 0.15) is 5.56 Å². The molecule has 1 aliphatic heterocycles. The van der Waals surface area contributed by atoms with Crippen LogP contribution in [0, 0.1) is 0 Å². The fourth-order valence-corrected chi connectivity index (χ4v) is 3.63. The van der Waals surface area contributed by atoms with Gasteiger partial charge in [0.15, 0.2) is 0 Å². The van der Waals surface area contributed by atoms with Crippen molar-refractivity contribution in [3.63, 3.8) is 0 Å². The molecule has 2 aromatic carbocycles. The molecule has 26 heavy (non-hydrogen) atoms. The molecule has 2 aromatic rings. The Balaban J connectivity index is 1.68. The highest BCUT2D eigenvalue weighted by Crippen LogP contribution is 2.34. The fraction of sp³-hybridized carbons (Fsp3) is 0.158. The molecule has 0 saturated carbocycles. The highest BCUT2D eigenvalue weighted by molar-refractivity contribution is 8.26. The van der Waals surface area contributed by atoms with E-state index >= 15 is 0 Å². The molecule has 1 heterocycles. The number of hydrogen-bond donors (Lipinski definition) is 0. The topological polar surface area (TPSA) is 38.8 Å². The summed E-state index contributed by atoms with van der Waals surface area (Å²) in [5, 5.41) is 0.566. The molecule has 3 rings (SSSR count). The lowest BCUT2D eigenvalue weighted by atomic mass is 10.2. The summed E-state index contributed by atoms with van der Waals surface area (Å²) in [6.07, 6.45) is 1.75. The Kier molecular flexibility index (Phi) is 6.19. The van der Waals surface area contributed by atoms with Crippen molar-refractivity contribution in [2.45, 2.75) is 0 Å². The van der Waals surface area contributed by atoms with Crippen molar-refractivity contribution in [1.29, 1.82) is 0 Å². The predicted octanol–water partition coefficient (Wildman–Crippen LogP) is 4.63. The summed E-state index contributed by atoms with van der Waals surface area (Å²) in [7, 11) is 1.66. The van der Waals surface area contributed by atoms with E-state index in [0.29, 0.717) is 33.2 Å². The van der Waals surface area contributed by atoms with Gasteiger partial charge in [-0.05, 0) is 36.4 Å². The van der Waals surface area contributed by atoms with Crippen molar-refractivity contribution < 1.29 is 14.3 Å². The van der Waals surface area contributed by atoms with E-state index in [1.807, 2.05) is 30.3 Å². The van der Waals surface area contributed by atoms with E-state index in [1.54, 1.807) is 31.3 Å². The van der Waals surface area contributed by atoms with Crippen LogP contribution in [0.15, 0.2) is 53.4 Å². The molecular weight excluding hydrogens is 390 g/mol. The van der Waals surface area contributed by atoms with E-state index in [9.17, 15) is 4.79 Å². The van der Waals surface area contributed by atoms with Gasteiger partial charge in [0, 0.05) is 17.6 Å². The van der Waals surface area contributed by atoms with E-state index in [-0.39, 0.29) is 5.91 Å². The number of thioether (sulfide) groups is 1. The summed E-state index contributed by atoms with van der Waals surface area (Å²) in [4.78, 5) is 14.2. The maximum absolute atomic E-state index is 12.2. The SMILES string of the molecule is CN1C(=O)C(=Cc2cc(Cl)ccc2OCCOc2ccccc2)SC1=S. The van der Waals surface area contributed by atoms with Crippen molar-refractivity contribution >= 4 is 51.9 Å². The first-order valence-electron chi connectivity index (χ1n) is 7.86. The first-order chi connectivity index (χ1) is 12.5. The zero-order valence-electron chi connectivity index (χ0n) is 14.0. The third-order valence-electron chi connectivity index (χ3n) is 3.60. The van der Waals surface area contributed by atoms with Gasteiger partial charge in [-0.15, -0.1) is 0 Å². The van der Waals surface area contributed by atoms with Gasteiger partial charge in [0.25, 0.3) is 5.91 Å². The predicted molar refractivity (Wildman–Crippen MR) is 110 cm³/mol. The minimum Gasteiger partial charge on any atom is -0.490 e. The lowest BCUT2D eigenvalue weighted by Crippen LogP contribution is -2.22. The molecule has 1 fully saturated rings. The molecule has 0 atom stereocenters. The van der Waals surface area contributed by atoms with Crippen LogP contribution >= 0.6 is 35.6 Å². The number of amides is 1. The van der Waals surface area contributed by atoms with Gasteiger partial charge < -0.3 is 9.47 Å². The number of ether oxygens (including phenoxy) is 2. The molecule has 1 saturated heterocycles. The van der Waals surface area contributed by atoms with Crippen LogP contribution < -0.4 is 9.47 Å². The lowest BCUT2D eigenvalue weighted by molar-refractivity contribution is -0.121.